The van der Waals surface area contributed by atoms with Crippen molar-refractivity contribution in [1.29, 1.82) is 0 Å². The Morgan fingerprint density at radius 2 is 1.40 bits per heavy atom. The van der Waals surface area contributed by atoms with E-state index in [4.69, 9.17) is 4.74 Å². The summed E-state index contributed by atoms with van der Waals surface area (Å²) in [6.07, 6.45) is 3.14. The normalized spacial score (nSPS) is 21.7. The van der Waals surface area contributed by atoms with Gasteiger partial charge < -0.3 is 9.64 Å². The molecule has 4 nitrogen and oxygen atoms in total. The van der Waals surface area contributed by atoms with Gasteiger partial charge in [-0.2, -0.15) is 0 Å². The molecule has 2 saturated heterocycles. The summed E-state index contributed by atoms with van der Waals surface area (Å²) in [5, 5.41) is 0. The van der Waals surface area contributed by atoms with Crippen LogP contribution in [0, 0.1) is 5.92 Å². The van der Waals surface area contributed by atoms with E-state index < -0.39 is 0 Å². The SMILES string of the molecule is CC(C)c1cc(C(C)C)c(C(=O)C2CC3CCC(C2)N3C(=O)OCc2ccccc2)c(C(C)C)c1. The van der Waals surface area contributed by atoms with Crippen LogP contribution in [-0.2, 0) is 11.3 Å². The molecule has 2 aromatic carbocycles. The largest absolute Gasteiger partial charge is 0.445 e. The molecule has 0 radical (unpaired) electrons. The second-order valence-electron chi connectivity index (χ2n) is 11.4. The van der Waals surface area contributed by atoms with Crippen LogP contribution in [0.2, 0.25) is 0 Å². The number of carbonyl (C=O) groups excluding carboxylic acids is 2. The number of hydrogen-bond donors (Lipinski definition) is 0. The first-order chi connectivity index (χ1) is 16.7. The zero-order valence-corrected chi connectivity index (χ0v) is 22.2. The summed E-state index contributed by atoms with van der Waals surface area (Å²) >= 11 is 0. The van der Waals surface area contributed by atoms with Crippen molar-refractivity contribution in [2.45, 2.75) is 104 Å². The molecular weight excluding hydrogens is 434 g/mol. The summed E-state index contributed by atoms with van der Waals surface area (Å²) in [6, 6.07) is 14.5. The van der Waals surface area contributed by atoms with Crippen LogP contribution >= 0.6 is 0 Å². The van der Waals surface area contributed by atoms with Gasteiger partial charge in [0.15, 0.2) is 5.78 Å². The second-order valence-corrected chi connectivity index (χ2v) is 11.4. The number of carbonyl (C=O) groups is 2. The minimum absolute atomic E-state index is 0.0365. The molecule has 0 aromatic heterocycles. The number of rotatable bonds is 7. The van der Waals surface area contributed by atoms with E-state index in [0.717, 1.165) is 36.8 Å². The lowest BCUT2D eigenvalue weighted by atomic mass is 9.77. The third-order valence-electron chi connectivity index (χ3n) is 7.90. The van der Waals surface area contributed by atoms with Crippen LogP contribution in [0.15, 0.2) is 42.5 Å². The van der Waals surface area contributed by atoms with Crippen molar-refractivity contribution in [1.82, 2.24) is 4.90 Å². The zero-order chi connectivity index (χ0) is 25.3. The topological polar surface area (TPSA) is 46.6 Å². The monoisotopic (exact) mass is 475 g/mol. The molecule has 2 bridgehead atoms. The van der Waals surface area contributed by atoms with Gasteiger partial charge in [0.25, 0.3) is 0 Å². The van der Waals surface area contributed by atoms with Crippen molar-refractivity contribution in [2.24, 2.45) is 5.92 Å². The molecule has 2 atom stereocenters. The summed E-state index contributed by atoms with van der Waals surface area (Å²) in [5.41, 5.74) is 5.61. The Morgan fingerprint density at radius 1 is 0.857 bits per heavy atom. The van der Waals surface area contributed by atoms with Gasteiger partial charge in [0.1, 0.15) is 6.61 Å². The van der Waals surface area contributed by atoms with Crippen molar-refractivity contribution in [3.63, 3.8) is 0 Å². The Kier molecular flexibility index (Phi) is 7.68. The molecule has 2 fully saturated rings. The summed E-state index contributed by atoms with van der Waals surface area (Å²) in [7, 11) is 0. The van der Waals surface area contributed by atoms with Gasteiger partial charge in [0.05, 0.1) is 0 Å². The van der Waals surface area contributed by atoms with Gasteiger partial charge >= 0.3 is 6.09 Å². The number of ether oxygens (including phenoxy) is 1. The van der Waals surface area contributed by atoms with Crippen molar-refractivity contribution in [2.75, 3.05) is 0 Å². The highest BCUT2D eigenvalue weighted by Gasteiger charge is 2.46. The lowest BCUT2D eigenvalue weighted by molar-refractivity contribution is 0.0484. The van der Waals surface area contributed by atoms with E-state index >= 15 is 0 Å². The van der Waals surface area contributed by atoms with Crippen LogP contribution in [0.25, 0.3) is 0 Å². The number of nitrogens with zero attached hydrogens (tertiary/aromatic N) is 1. The molecule has 188 valence electrons. The third kappa shape index (κ3) is 5.32. The van der Waals surface area contributed by atoms with Gasteiger partial charge in [-0.3, -0.25) is 4.79 Å². The maximum atomic E-state index is 14.1. The highest BCUT2D eigenvalue weighted by molar-refractivity contribution is 6.01. The van der Waals surface area contributed by atoms with E-state index in [2.05, 4.69) is 53.7 Å². The molecule has 2 aliphatic heterocycles. The number of Topliss-reactive ketones (excluding diaryl/α,β-unsaturated/α-hetero) is 1. The van der Waals surface area contributed by atoms with Gasteiger partial charge in [0.2, 0.25) is 0 Å². The maximum absolute atomic E-state index is 14.1. The molecule has 1 amide bonds. The Balaban J connectivity index is 1.54. The van der Waals surface area contributed by atoms with E-state index in [9.17, 15) is 9.59 Å². The lowest BCUT2D eigenvalue weighted by Gasteiger charge is -2.38. The average molecular weight is 476 g/mol. The summed E-state index contributed by atoms with van der Waals surface area (Å²) in [4.78, 5) is 29.0. The Morgan fingerprint density at radius 3 is 1.89 bits per heavy atom. The molecule has 4 rings (SSSR count). The van der Waals surface area contributed by atoms with Crippen LogP contribution in [0.1, 0.15) is 118 Å². The van der Waals surface area contributed by atoms with Crippen LogP contribution in [0.4, 0.5) is 4.79 Å². The van der Waals surface area contributed by atoms with E-state index in [1.54, 1.807) is 0 Å². The standard InChI is InChI=1S/C31H41NO3/c1-19(2)23-16-27(20(3)4)29(28(17-23)21(5)6)30(33)24-14-25-12-13-26(15-24)32(25)31(34)35-18-22-10-8-7-9-11-22/h7-11,16-17,19-21,24-26H,12-15,18H2,1-6H3. The number of benzene rings is 2. The van der Waals surface area contributed by atoms with Crippen LogP contribution < -0.4 is 0 Å². The molecule has 0 aliphatic carbocycles. The molecule has 2 heterocycles. The zero-order valence-electron chi connectivity index (χ0n) is 22.2. The number of hydrogen-bond acceptors (Lipinski definition) is 3. The van der Waals surface area contributed by atoms with Crippen molar-refractivity contribution >= 4 is 11.9 Å². The van der Waals surface area contributed by atoms with Gasteiger partial charge in [-0.15, -0.1) is 0 Å². The van der Waals surface area contributed by atoms with Crippen molar-refractivity contribution < 1.29 is 14.3 Å². The fourth-order valence-electron chi connectivity index (χ4n) is 5.93. The van der Waals surface area contributed by atoms with Crippen molar-refractivity contribution in [3.8, 4) is 0 Å². The number of ketones is 1. The van der Waals surface area contributed by atoms with E-state index in [1.807, 2.05) is 35.2 Å². The first-order valence-electron chi connectivity index (χ1n) is 13.4. The molecule has 4 heteroatoms. The number of amides is 1. The van der Waals surface area contributed by atoms with E-state index in [0.29, 0.717) is 5.92 Å². The van der Waals surface area contributed by atoms with Gasteiger partial charge in [-0.05, 0) is 65.7 Å². The minimum atomic E-state index is -0.237. The Labute approximate surface area is 211 Å². The Bertz CT molecular complexity index is 1010. The van der Waals surface area contributed by atoms with Crippen LogP contribution in [0.5, 0.6) is 0 Å². The van der Waals surface area contributed by atoms with E-state index in [1.165, 1.54) is 16.7 Å². The van der Waals surface area contributed by atoms with Crippen LogP contribution in [0.3, 0.4) is 0 Å². The van der Waals surface area contributed by atoms with E-state index in [-0.39, 0.29) is 48.3 Å². The molecular formula is C31H41NO3. The van der Waals surface area contributed by atoms with Crippen molar-refractivity contribution in [3.05, 3.63) is 70.3 Å². The Hall–Kier alpha value is -2.62. The highest BCUT2D eigenvalue weighted by Crippen LogP contribution is 2.42. The number of piperidine rings is 1. The molecule has 2 aromatic rings. The first-order valence-corrected chi connectivity index (χ1v) is 13.4. The molecule has 2 aliphatic rings. The predicted molar refractivity (Wildman–Crippen MR) is 141 cm³/mol. The maximum Gasteiger partial charge on any atom is 0.410 e. The second kappa shape index (κ2) is 10.6. The lowest BCUT2D eigenvalue weighted by Crippen LogP contribution is -2.48. The van der Waals surface area contributed by atoms with Gasteiger partial charge in [0, 0.05) is 23.6 Å². The fourth-order valence-corrected chi connectivity index (χ4v) is 5.93. The number of fused-ring (bicyclic) bond motifs is 2. The first kappa shape index (κ1) is 25.5. The predicted octanol–water partition coefficient (Wildman–Crippen LogP) is 7.82. The molecule has 2 unspecified atom stereocenters. The smallest absolute Gasteiger partial charge is 0.410 e. The average Bonchev–Trinajstić information content (AvgIpc) is 3.10. The summed E-state index contributed by atoms with van der Waals surface area (Å²) in [6.45, 7) is 13.5. The van der Waals surface area contributed by atoms with Gasteiger partial charge in [-0.25, -0.2) is 4.79 Å². The summed E-state index contributed by atoms with van der Waals surface area (Å²) < 4.78 is 5.67. The van der Waals surface area contributed by atoms with Crippen LogP contribution in [-0.4, -0.2) is 28.9 Å². The molecule has 0 N–H and O–H groups in total. The molecule has 35 heavy (non-hydrogen) atoms. The highest BCUT2D eigenvalue weighted by atomic mass is 16.6. The molecule has 0 spiro atoms. The fraction of sp³-hybridized carbons (Fsp3) is 0.548. The molecule has 0 saturated carbocycles. The summed E-state index contributed by atoms with van der Waals surface area (Å²) in [5.74, 6) is 1.24. The third-order valence-corrected chi connectivity index (χ3v) is 7.90. The minimum Gasteiger partial charge on any atom is -0.445 e. The van der Waals surface area contributed by atoms with Gasteiger partial charge in [-0.1, -0.05) is 84.0 Å². The quantitative estimate of drug-likeness (QED) is 0.384.